The number of carboxylic acids is 1. The van der Waals surface area contributed by atoms with E-state index in [-0.39, 0.29) is 6.04 Å². The fourth-order valence-electron chi connectivity index (χ4n) is 2.06. The molecule has 1 N–H and O–H groups in total. The maximum atomic E-state index is 10.9. The maximum absolute atomic E-state index is 10.9. The van der Waals surface area contributed by atoms with Crippen molar-refractivity contribution in [1.82, 2.24) is 9.80 Å². The van der Waals surface area contributed by atoms with Crippen molar-refractivity contribution in [2.45, 2.75) is 31.8 Å². The standard InChI is InChI=1S/C10H20N2O2/c1-4-9(10(13)14)12-6-5-8(7-12)11(2)3/h8-9H,4-7H2,1-3H3,(H,13,14). The Morgan fingerprint density at radius 1 is 1.64 bits per heavy atom. The minimum Gasteiger partial charge on any atom is -0.480 e. The molecule has 2 atom stereocenters. The Morgan fingerprint density at radius 2 is 2.29 bits per heavy atom. The van der Waals surface area contributed by atoms with Gasteiger partial charge >= 0.3 is 5.97 Å². The first-order valence-electron chi connectivity index (χ1n) is 5.19. The molecule has 0 aromatic rings. The van der Waals surface area contributed by atoms with Crippen molar-refractivity contribution in [2.24, 2.45) is 0 Å². The fourth-order valence-corrected chi connectivity index (χ4v) is 2.06. The first kappa shape index (κ1) is 11.5. The van der Waals surface area contributed by atoms with Crippen molar-refractivity contribution >= 4 is 5.97 Å². The predicted octanol–water partition coefficient (Wildman–Crippen LogP) is 0.485. The topological polar surface area (TPSA) is 43.8 Å². The normalized spacial score (nSPS) is 25.6. The van der Waals surface area contributed by atoms with Crippen LogP contribution in [0.5, 0.6) is 0 Å². The van der Waals surface area contributed by atoms with E-state index in [9.17, 15) is 4.79 Å². The summed E-state index contributed by atoms with van der Waals surface area (Å²) in [5.74, 6) is -0.688. The Bertz CT molecular complexity index is 206. The Hall–Kier alpha value is -0.610. The van der Waals surface area contributed by atoms with Gasteiger partial charge in [-0.1, -0.05) is 6.92 Å². The molecule has 1 fully saturated rings. The first-order valence-corrected chi connectivity index (χ1v) is 5.19. The molecule has 0 aromatic carbocycles. The van der Waals surface area contributed by atoms with Crippen LogP contribution in [0.25, 0.3) is 0 Å². The van der Waals surface area contributed by atoms with Crippen molar-refractivity contribution in [3.05, 3.63) is 0 Å². The van der Waals surface area contributed by atoms with Gasteiger partial charge in [-0.3, -0.25) is 9.69 Å². The highest BCUT2D eigenvalue weighted by atomic mass is 16.4. The van der Waals surface area contributed by atoms with E-state index in [0.29, 0.717) is 12.5 Å². The largest absolute Gasteiger partial charge is 0.480 e. The van der Waals surface area contributed by atoms with Gasteiger partial charge in [-0.15, -0.1) is 0 Å². The average Bonchev–Trinajstić information content (AvgIpc) is 2.53. The van der Waals surface area contributed by atoms with Crippen LogP contribution in [-0.4, -0.2) is 60.1 Å². The van der Waals surface area contributed by atoms with E-state index in [1.54, 1.807) is 0 Å². The highest BCUT2D eigenvalue weighted by Gasteiger charge is 2.31. The minimum absolute atomic E-state index is 0.292. The highest BCUT2D eigenvalue weighted by molar-refractivity contribution is 5.73. The van der Waals surface area contributed by atoms with Crippen LogP contribution in [-0.2, 0) is 4.79 Å². The Kier molecular flexibility index (Phi) is 3.89. The van der Waals surface area contributed by atoms with Crippen molar-refractivity contribution < 1.29 is 9.90 Å². The lowest BCUT2D eigenvalue weighted by Gasteiger charge is -2.24. The van der Waals surface area contributed by atoms with Gasteiger partial charge in [0.2, 0.25) is 0 Å². The quantitative estimate of drug-likeness (QED) is 0.717. The number of nitrogens with zero attached hydrogens (tertiary/aromatic N) is 2. The number of hydrogen-bond donors (Lipinski definition) is 1. The number of carbonyl (C=O) groups is 1. The van der Waals surface area contributed by atoms with Gasteiger partial charge < -0.3 is 10.0 Å². The third-order valence-corrected chi connectivity index (χ3v) is 3.04. The average molecular weight is 200 g/mol. The predicted molar refractivity (Wildman–Crippen MR) is 55.4 cm³/mol. The van der Waals surface area contributed by atoms with E-state index in [1.165, 1.54) is 0 Å². The van der Waals surface area contributed by atoms with Gasteiger partial charge in [0.1, 0.15) is 6.04 Å². The fraction of sp³-hybridized carbons (Fsp3) is 0.900. The van der Waals surface area contributed by atoms with E-state index in [1.807, 2.05) is 6.92 Å². The summed E-state index contributed by atoms with van der Waals surface area (Å²) in [5.41, 5.74) is 0. The molecule has 0 amide bonds. The number of hydrogen-bond acceptors (Lipinski definition) is 3. The Morgan fingerprint density at radius 3 is 2.64 bits per heavy atom. The van der Waals surface area contributed by atoms with Gasteiger partial charge in [-0.05, 0) is 26.9 Å². The van der Waals surface area contributed by atoms with E-state index in [2.05, 4.69) is 23.9 Å². The molecule has 0 bridgehead atoms. The number of likely N-dealkylation sites (N-methyl/N-ethyl adjacent to an activating group) is 1. The summed E-state index contributed by atoms with van der Waals surface area (Å²) in [5, 5.41) is 9.00. The SMILES string of the molecule is CCC(C(=O)O)N1CCC(N(C)C)C1. The van der Waals surface area contributed by atoms with E-state index in [4.69, 9.17) is 5.11 Å². The molecule has 1 rings (SSSR count). The lowest BCUT2D eigenvalue weighted by Crippen LogP contribution is -2.41. The molecule has 1 aliphatic heterocycles. The zero-order valence-electron chi connectivity index (χ0n) is 9.23. The third kappa shape index (κ3) is 2.45. The van der Waals surface area contributed by atoms with Crippen LogP contribution in [0, 0.1) is 0 Å². The zero-order chi connectivity index (χ0) is 10.7. The molecule has 4 nitrogen and oxygen atoms in total. The molecule has 0 saturated carbocycles. The van der Waals surface area contributed by atoms with Gasteiger partial charge in [-0.2, -0.15) is 0 Å². The third-order valence-electron chi connectivity index (χ3n) is 3.04. The monoisotopic (exact) mass is 200 g/mol. The number of carboxylic acid groups (broad SMARTS) is 1. The van der Waals surface area contributed by atoms with Crippen LogP contribution in [0.1, 0.15) is 19.8 Å². The molecule has 0 aliphatic carbocycles. The summed E-state index contributed by atoms with van der Waals surface area (Å²) < 4.78 is 0. The second-order valence-corrected chi connectivity index (χ2v) is 4.16. The zero-order valence-corrected chi connectivity index (χ0v) is 9.23. The molecule has 0 aromatic heterocycles. The van der Waals surface area contributed by atoms with E-state index >= 15 is 0 Å². The van der Waals surface area contributed by atoms with Gasteiger partial charge in [0.25, 0.3) is 0 Å². The van der Waals surface area contributed by atoms with Crippen molar-refractivity contribution in [3.8, 4) is 0 Å². The van der Waals surface area contributed by atoms with Crippen LogP contribution in [0.3, 0.4) is 0 Å². The number of aliphatic carboxylic acids is 1. The van der Waals surface area contributed by atoms with Crippen LogP contribution < -0.4 is 0 Å². The molecule has 1 saturated heterocycles. The van der Waals surface area contributed by atoms with Gasteiger partial charge in [-0.25, -0.2) is 0 Å². The Labute approximate surface area is 85.5 Å². The molecule has 82 valence electrons. The van der Waals surface area contributed by atoms with E-state index in [0.717, 1.165) is 19.5 Å². The Balaban J connectivity index is 2.51. The summed E-state index contributed by atoms with van der Waals surface area (Å²) in [6.07, 6.45) is 1.77. The molecule has 0 radical (unpaired) electrons. The molecular formula is C10H20N2O2. The summed E-state index contributed by atoms with van der Waals surface area (Å²) in [7, 11) is 4.10. The molecule has 4 heteroatoms. The smallest absolute Gasteiger partial charge is 0.320 e. The van der Waals surface area contributed by atoms with Crippen LogP contribution >= 0.6 is 0 Å². The first-order chi connectivity index (χ1) is 6.56. The van der Waals surface area contributed by atoms with Gasteiger partial charge in [0.05, 0.1) is 0 Å². The van der Waals surface area contributed by atoms with Crippen LogP contribution in [0.4, 0.5) is 0 Å². The van der Waals surface area contributed by atoms with E-state index < -0.39 is 5.97 Å². The molecule has 14 heavy (non-hydrogen) atoms. The minimum atomic E-state index is -0.688. The summed E-state index contributed by atoms with van der Waals surface area (Å²) in [6.45, 7) is 3.73. The lowest BCUT2D eigenvalue weighted by atomic mass is 10.2. The van der Waals surface area contributed by atoms with Gasteiger partial charge in [0, 0.05) is 19.1 Å². The van der Waals surface area contributed by atoms with Crippen molar-refractivity contribution in [1.29, 1.82) is 0 Å². The number of likely N-dealkylation sites (tertiary alicyclic amines) is 1. The second kappa shape index (κ2) is 4.75. The van der Waals surface area contributed by atoms with Gasteiger partial charge in [0.15, 0.2) is 0 Å². The summed E-state index contributed by atoms with van der Waals surface area (Å²) >= 11 is 0. The summed E-state index contributed by atoms with van der Waals surface area (Å²) in [4.78, 5) is 15.2. The second-order valence-electron chi connectivity index (χ2n) is 4.16. The summed E-state index contributed by atoms with van der Waals surface area (Å²) in [6, 6.07) is 0.225. The highest BCUT2D eigenvalue weighted by Crippen LogP contribution is 2.17. The maximum Gasteiger partial charge on any atom is 0.320 e. The number of rotatable bonds is 4. The lowest BCUT2D eigenvalue weighted by molar-refractivity contribution is -0.143. The molecule has 1 aliphatic rings. The molecule has 2 unspecified atom stereocenters. The van der Waals surface area contributed by atoms with Crippen LogP contribution in [0.15, 0.2) is 0 Å². The van der Waals surface area contributed by atoms with Crippen molar-refractivity contribution in [3.63, 3.8) is 0 Å². The molecule has 0 spiro atoms. The molecule has 1 heterocycles. The molecular weight excluding hydrogens is 180 g/mol. The van der Waals surface area contributed by atoms with Crippen molar-refractivity contribution in [2.75, 3.05) is 27.2 Å². The van der Waals surface area contributed by atoms with Crippen LogP contribution in [0.2, 0.25) is 0 Å².